The molecular formula is C15H20N4O3S3. The van der Waals surface area contributed by atoms with E-state index in [2.05, 4.69) is 22.4 Å². The van der Waals surface area contributed by atoms with Crippen LogP contribution in [0.5, 0.6) is 0 Å². The van der Waals surface area contributed by atoms with E-state index in [-0.39, 0.29) is 5.91 Å². The number of nitrogens with zero attached hydrogens (tertiary/aromatic N) is 3. The molecule has 2 aromatic rings. The van der Waals surface area contributed by atoms with Crippen molar-refractivity contribution in [1.29, 1.82) is 0 Å². The van der Waals surface area contributed by atoms with Crippen LogP contribution in [0.25, 0.3) is 0 Å². The Labute approximate surface area is 155 Å². The largest absolute Gasteiger partial charge is 0.296 e. The second-order valence-corrected chi connectivity index (χ2v) is 9.38. The molecule has 0 bridgehead atoms. The fraction of sp³-hybridized carbons (Fsp3) is 0.400. The lowest BCUT2D eigenvalue weighted by atomic mass is 10.2. The molecule has 0 saturated carbocycles. The summed E-state index contributed by atoms with van der Waals surface area (Å²) in [6.07, 6.45) is 2.20. The Balaban J connectivity index is 2.06. The van der Waals surface area contributed by atoms with E-state index >= 15 is 0 Å². The first-order valence-electron chi connectivity index (χ1n) is 7.70. The average molecular weight is 401 g/mol. The second kappa shape index (κ2) is 8.63. The molecule has 1 amide bonds. The predicted octanol–water partition coefficient (Wildman–Crippen LogP) is 3.08. The van der Waals surface area contributed by atoms with Gasteiger partial charge in [-0.25, -0.2) is 8.42 Å². The molecule has 25 heavy (non-hydrogen) atoms. The minimum Gasteiger partial charge on any atom is -0.296 e. The van der Waals surface area contributed by atoms with Crippen LogP contribution in [0, 0.1) is 0 Å². The highest BCUT2D eigenvalue weighted by Gasteiger charge is 2.16. The summed E-state index contributed by atoms with van der Waals surface area (Å²) in [6.45, 7) is 4.17. The van der Waals surface area contributed by atoms with Gasteiger partial charge in [-0.2, -0.15) is 0 Å². The molecule has 7 nitrogen and oxygen atoms in total. The lowest BCUT2D eigenvalue weighted by Crippen LogP contribution is -2.29. The van der Waals surface area contributed by atoms with Gasteiger partial charge in [0.25, 0.3) is 5.91 Å². The summed E-state index contributed by atoms with van der Waals surface area (Å²) >= 11 is 2.94. The standard InChI is InChI=1S/C15H20N4O3S3/c1-4-10-23-15-18-17-14(24-15)16-13(20)11-6-8-12(9-7-11)19(5-2)25(3,21)22/h6-9H,4-5,10H2,1-3H3,(H,16,17,20). The predicted molar refractivity (Wildman–Crippen MR) is 103 cm³/mol. The third kappa shape index (κ3) is 5.41. The lowest BCUT2D eigenvalue weighted by Gasteiger charge is -2.20. The number of anilines is 2. The summed E-state index contributed by atoms with van der Waals surface area (Å²) in [4.78, 5) is 12.3. The smallest absolute Gasteiger partial charge is 0.257 e. The lowest BCUT2D eigenvalue weighted by molar-refractivity contribution is 0.102. The molecule has 0 radical (unpaired) electrons. The first kappa shape index (κ1) is 19.7. The van der Waals surface area contributed by atoms with E-state index in [1.807, 2.05) is 0 Å². The molecule has 0 saturated heterocycles. The minimum atomic E-state index is -3.34. The van der Waals surface area contributed by atoms with Crippen LogP contribution in [0.3, 0.4) is 0 Å². The average Bonchev–Trinajstić information content (AvgIpc) is 3.00. The van der Waals surface area contributed by atoms with Crippen molar-refractivity contribution in [2.75, 3.05) is 28.2 Å². The van der Waals surface area contributed by atoms with Crippen LogP contribution < -0.4 is 9.62 Å². The molecule has 0 spiro atoms. The number of hydrogen-bond donors (Lipinski definition) is 1. The maximum atomic E-state index is 12.3. The number of aromatic nitrogens is 2. The van der Waals surface area contributed by atoms with Gasteiger partial charge in [-0.15, -0.1) is 10.2 Å². The van der Waals surface area contributed by atoms with E-state index in [0.717, 1.165) is 22.8 Å². The number of sulfonamides is 1. The topological polar surface area (TPSA) is 92.3 Å². The molecule has 136 valence electrons. The van der Waals surface area contributed by atoms with Crippen molar-refractivity contribution < 1.29 is 13.2 Å². The molecule has 1 aromatic heterocycles. The third-order valence-electron chi connectivity index (χ3n) is 3.16. The first-order chi connectivity index (χ1) is 11.8. The molecule has 2 rings (SSSR count). The molecule has 0 aliphatic heterocycles. The van der Waals surface area contributed by atoms with E-state index in [1.54, 1.807) is 43.0 Å². The number of carbonyl (C=O) groups excluding carboxylic acids is 1. The zero-order chi connectivity index (χ0) is 18.4. The summed E-state index contributed by atoms with van der Waals surface area (Å²) in [5.74, 6) is 0.648. The van der Waals surface area contributed by atoms with Crippen LogP contribution in [0.15, 0.2) is 28.6 Å². The SMILES string of the molecule is CCCSc1nnc(NC(=O)c2ccc(N(CC)S(C)(=O)=O)cc2)s1. The van der Waals surface area contributed by atoms with Crippen LogP contribution in [0.4, 0.5) is 10.8 Å². The molecule has 0 aliphatic rings. The molecule has 1 N–H and O–H groups in total. The molecule has 1 heterocycles. The Kier molecular flexibility index (Phi) is 6.79. The number of nitrogens with one attached hydrogen (secondary N) is 1. The highest BCUT2D eigenvalue weighted by Crippen LogP contribution is 2.26. The van der Waals surface area contributed by atoms with Crippen molar-refractivity contribution in [2.24, 2.45) is 0 Å². The Morgan fingerprint density at radius 3 is 2.48 bits per heavy atom. The fourth-order valence-electron chi connectivity index (χ4n) is 2.06. The highest BCUT2D eigenvalue weighted by atomic mass is 32.2. The number of rotatable bonds is 8. The van der Waals surface area contributed by atoms with E-state index in [1.165, 1.54) is 15.6 Å². The van der Waals surface area contributed by atoms with Crippen LogP contribution >= 0.6 is 23.1 Å². The summed E-state index contributed by atoms with van der Waals surface area (Å²) in [5, 5.41) is 11.1. The molecule has 10 heteroatoms. The van der Waals surface area contributed by atoms with Crippen LogP contribution in [0.1, 0.15) is 30.6 Å². The molecule has 1 aromatic carbocycles. The van der Waals surface area contributed by atoms with Gasteiger partial charge in [-0.1, -0.05) is 30.0 Å². The summed E-state index contributed by atoms with van der Waals surface area (Å²) in [7, 11) is -3.34. The maximum Gasteiger partial charge on any atom is 0.257 e. The van der Waals surface area contributed by atoms with Crippen LogP contribution in [-0.2, 0) is 10.0 Å². The Morgan fingerprint density at radius 2 is 1.92 bits per heavy atom. The quantitative estimate of drug-likeness (QED) is 0.541. The van der Waals surface area contributed by atoms with Gasteiger partial charge in [0.2, 0.25) is 15.2 Å². The second-order valence-electron chi connectivity index (χ2n) is 5.15. The highest BCUT2D eigenvalue weighted by molar-refractivity contribution is 8.01. The first-order valence-corrected chi connectivity index (χ1v) is 11.4. The fourth-order valence-corrected chi connectivity index (χ4v) is 4.71. The van der Waals surface area contributed by atoms with Crippen molar-refractivity contribution in [1.82, 2.24) is 10.2 Å². The number of amides is 1. The van der Waals surface area contributed by atoms with E-state index in [4.69, 9.17) is 0 Å². The number of hydrogen-bond acceptors (Lipinski definition) is 7. The molecule has 0 aliphatic carbocycles. The Bertz CT molecular complexity index is 819. The van der Waals surface area contributed by atoms with Gasteiger partial charge >= 0.3 is 0 Å². The van der Waals surface area contributed by atoms with Gasteiger partial charge in [0.05, 0.1) is 11.9 Å². The van der Waals surface area contributed by atoms with Crippen molar-refractivity contribution in [2.45, 2.75) is 24.6 Å². The number of carbonyl (C=O) groups is 1. The summed E-state index contributed by atoms with van der Waals surface area (Å²) in [5.41, 5.74) is 0.946. The van der Waals surface area contributed by atoms with E-state index in [0.29, 0.717) is 22.9 Å². The van der Waals surface area contributed by atoms with Crippen molar-refractivity contribution in [3.8, 4) is 0 Å². The summed E-state index contributed by atoms with van der Waals surface area (Å²) < 4.78 is 25.6. The minimum absolute atomic E-state index is 0.308. The maximum absolute atomic E-state index is 12.3. The molecule has 0 unspecified atom stereocenters. The molecular weight excluding hydrogens is 380 g/mol. The van der Waals surface area contributed by atoms with Crippen LogP contribution in [0.2, 0.25) is 0 Å². The molecule has 0 fully saturated rings. The van der Waals surface area contributed by atoms with Crippen molar-refractivity contribution in [3.63, 3.8) is 0 Å². The normalized spacial score (nSPS) is 11.3. The van der Waals surface area contributed by atoms with Crippen molar-refractivity contribution >= 4 is 49.8 Å². The third-order valence-corrected chi connectivity index (χ3v) is 6.61. The number of benzene rings is 1. The molecule has 0 atom stereocenters. The van der Waals surface area contributed by atoms with Crippen molar-refractivity contribution in [3.05, 3.63) is 29.8 Å². The van der Waals surface area contributed by atoms with Gasteiger partial charge in [-0.05, 0) is 37.6 Å². The zero-order valence-corrected chi connectivity index (χ0v) is 16.7. The van der Waals surface area contributed by atoms with Gasteiger partial charge in [0.15, 0.2) is 4.34 Å². The zero-order valence-electron chi connectivity index (χ0n) is 14.2. The van der Waals surface area contributed by atoms with Gasteiger partial charge < -0.3 is 0 Å². The monoisotopic (exact) mass is 400 g/mol. The van der Waals surface area contributed by atoms with Gasteiger partial charge in [0.1, 0.15) is 0 Å². The Hall–Kier alpha value is -1.65. The van der Waals surface area contributed by atoms with Crippen LogP contribution in [-0.4, -0.2) is 43.1 Å². The number of thioether (sulfide) groups is 1. The Morgan fingerprint density at radius 1 is 1.24 bits per heavy atom. The van der Waals surface area contributed by atoms with Gasteiger partial charge in [0, 0.05) is 17.9 Å². The van der Waals surface area contributed by atoms with Gasteiger partial charge in [-0.3, -0.25) is 14.4 Å². The van der Waals surface area contributed by atoms with E-state index < -0.39 is 10.0 Å². The van der Waals surface area contributed by atoms with E-state index in [9.17, 15) is 13.2 Å². The summed E-state index contributed by atoms with van der Waals surface area (Å²) in [6, 6.07) is 6.41.